The second-order valence-corrected chi connectivity index (χ2v) is 3.59. The monoisotopic (exact) mass is 233 g/mol. The van der Waals surface area contributed by atoms with Crippen molar-refractivity contribution in [1.82, 2.24) is 0 Å². The molecule has 2 aromatic carbocycles. The van der Waals surface area contributed by atoms with Crippen LogP contribution < -0.4 is 9.47 Å². The maximum atomic E-state index is 5.78. The van der Waals surface area contributed by atoms with E-state index in [2.05, 4.69) is 6.07 Å². The molecule has 0 atom stereocenters. The lowest BCUT2D eigenvalue weighted by atomic mass is 10.3. The van der Waals surface area contributed by atoms with Gasteiger partial charge in [-0.1, -0.05) is 11.6 Å². The fourth-order valence-corrected chi connectivity index (χ4v) is 1.37. The molecular formula is C13H10ClO2. The second-order valence-electron chi connectivity index (χ2n) is 3.15. The van der Waals surface area contributed by atoms with Crippen LogP contribution in [0.4, 0.5) is 0 Å². The van der Waals surface area contributed by atoms with Crippen LogP contribution >= 0.6 is 11.6 Å². The van der Waals surface area contributed by atoms with Crippen molar-refractivity contribution in [2.24, 2.45) is 0 Å². The molecule has 0 unspecified atom stereocenters. The molecule has 0 heterocycles. The SMILES string of the molecule is COc1cc[c]c(Oc2ccc(Cl)cc2)c1. The Bertz CT molecular complexity index is 466. The van der Waals surface area contributed by atoms with Gasteiger partial charge >= 0.3 is 0 Å². The molecule has 16 heavy (non-hydrogen) atoms. The van der Waals surface area contributed by atoms with Gasteiger partial charge in [-0.3, -0.25) is 0 Å². The number of rotatable bonds is 3. The third-order valence-electron chi connectivity index (χ3n) is 2.02. The van der Waals surface area contributed by atoms with Crippen LogP contribution in [0.1, 0.15) is 0 Å². The highest BCUT2D eigenvalue weighted by Crippen LogP contribution is 2.25. The average molecular weight is 234 g/mol. The van der Waals surface area contributed by atoms with E-state index in [4.69, 9.17) is 21.1 Å². The van der Waals surface area contributed by atoms with Crippen LogP contribution in [0.25, 0.3) is 0 Å². The Kier molecular flexibility index (Phi) is 3.32. The van der Waals surface area contributed by atoms with Gasteiger partial charge in [0.05, 0.1) is 7.11 Å². The molecule has 1 radical (unpaired) electrons. The molecule has 0 aliphatic carbocycles. The van der Waals surface area contributed by atoms with Gasteiger partial charge in [0.15, 0.2) is 0 Å². The molecule has 0 aromatic heterocycles. The van der Waals surface area contributed by atoms with Gasteiger partial charge in [-0.15, -0.1) is 0 Å². The first kappa shape index (κ1) is 10.8. The first-order valence-corrected chi connectivity index (χ1v) is 5.15. The Morgan fingerprint density at radius 2 is 1.81 bits per heavy atom. The maximum Gasteiger partial charge on any atom is 0.139 e. The highest BCUT2D eigenvalue weighted by molar-refractivity contribution is 6.30. The molecule has 2 nitrogen and oxygen atoms in total. The summed E-state index contributed by atoms with van der Waals surface area (Å²) in [6.07, 6.45) is 0. The predicted molar refractivity (Wildman–Crippen MR) is 63.4 cm³/mol. The summed E-state index contributed by atoms with van der Waals surface area (Å²) in [5.41, 5.74) is 0. The molecule has 0 spiro atoms. The molecule has 0 N–H and O–H groups in total. The predicted octanol–water partition coefficient (Wildman–Crippen LogP) is 3.94. The van der Waals surface area contributed by atoms with Crippen molar-refractivity contribution in [2.75, 3.05) is 7.11 Å². The van der Waals surface area contributed by atoms with Crippen molar-refractivity contribution < 1.29 is 9.47 Å². The lowest BCUT2D eigenvalue weighted by molar-refractivity contribution is 0.409. The van der Waals surface area contributed by atoms with E-state index in [-0.39, 0.29) is 0 Å². The summed E-state index contributed by atoms with van der Waals surface area (Å²) in [5, 5.41) is 0.682. The Hall–Kier alpha value is -1.67. The van der Waals surface area contributed by atoms with Gasteiger partial charge in [0.2, 0.25) is 0 Å². The molecule has 0 bridgehead atoms. The number of methoxy groups -OCH3 is 1. The second kappa shape index (κ2) is 4.90. The summed E-state index contributed by atoms with van der Waals surface area (Å²) in [7, 11) is 1.61. The van der Waals surface area contributed by atoms with E-state index in [9.17, 15) is 0 Å². The molecule has 0 aliphatic heterocycles. The smallest absolute Gasteiger partial charge is 0.139 e. The van der Waals surface area contributed by atoms with E-state index < -0.39 is 0 Å². The molecule has 0 fully saturated rings. The van der Waals surface area contributed by atoms with Crippen LogP contribution in [-0.2, 0) is 0 Å². The Morgan fingerprint density at radius 3 is 2.50 bits per heavy atom. The summed E-state index contributed by atoms with van der Waals surface area (Å²) in [5.74, 6) is 2.07. The molecular weight excluding hydrogens is 224 g/mol. The summed E-state index contributed by atoms with van der Waals surface area (Å²) >= 11 is 5.78. The first-order chi connectivity index (χ1) is 7.78. The van der Waals surface area contributed by atoms with Gasteiger partial charge in [-0.25, -0.2) is 0 Å². The molecule has 3 heteroatoms. The van der Waals surface area contributed by atoms with E-state index in [0.29, 0.717) is 16.5 Å². The van der Waals surface area contributed by atoms with Crippen LogP contribution in [0.3, 0.4) is 0 Å². The van der Waals surface area contributed by atoms with E-state index in [1.165, 1.54) is 0 Å². The molecule has 0 saturated heterocycles. The van der Waals surface area contributed by atoms with Crippen molar-refractivity contribution in [1.29, 1.82) is 0 Å². The fourth-order valence-electron chi connectivity index (χ4n) is 1.24. The van der Waals surface area contributed by atoms with E-state index >= 15 is 0 Å². The van der Waals surface area contributed by atoms with Crippen LogP contribution in [0.2, 0.25) is 5.02 Å². The summed E-state index contributed by atoms with van der Waals surface area (Å²) in [6, 6.07) is 15.5. The average Bonchev–Trinajstić information content (AvgIpc) is 2.32. The zero-order valence-corrected chi connectivity index (χ0v) is 9.49. The van der Waals surface area contributed by atoms with Crippen LogP contribution in [0, 0.1) is 6.07 Å². The van der Waals surface area contributed by atoms with Crippen molar-refractivity contribution >= 4 is 11.6 Å². The first-order valence-electron chi connectivity index (χ1n) is 4.77. The quantitative estimate of drug-likeness (QED) is 0.800. The topological polar surface area (TPSA) is 18.5 Å². The summed E-state index contributed by atoms with van der Waals surface area (Å²) in [6.45, 7) is 0. The van der Waals surface area contributed by atoms with Gasteiger partial charge in [0.25, 0.3) is 0 Å². The standard InChI is InChI=1S/C13H10ClO2/c1-15-12-3-2-4-13(9-12)16-11-7-5-10(14)6-8-11/h2-3,5-9H,1H3. The van der Waals surface area contributed by atoms with Crippen molar-refractivity contribution in [3.8, 4) is 17.2 Å². The minimum Gasteiger partial charge on any atom is -0.497 e. The zero-order valence-electron chi connectivity index (χ0n) is 8.74. The summed E-state index contributed by atoms with van der Waals surface area (Å²) < 4.78 is 10.7. The van der Waals surface area contributed by atoms with Crippen LogP contribution in [0.15, 0.2) is 42.5 Å². The van der Waals surface area contributed by atoms with Crippen molar-refractivity contribution in [2.45, 2.75) is 0 Å². The lowest BCUT2D eigenvalue weighted by Gasteiger charge is -2.06. The molecule has 81 valence electrons. The largest absolute Gasteiger partial charge is 0.497 e. The highest BCUT2D eigenvalue weighted by atomic mass is 35.5. The third-order valence-corrected chi connectivity index (χ3v) is 2.28. The van der Waals surface area contributed by atoms with Crippen LogP contribution in [-0.4, -0.2) is 7.11 Å². The van der Waals surface area contributed by atoms with E-state index in [1.54, 1.807) is 43.5 Å². The van der Waals surface area contributed by atoms with Gasteiger partial charge in [-0.2, -0.15) is 0 Å². The maximum absolute atomic E-state index is 5.78. The lowest BCUT2D eigenvalue weighted by Crippen LogP contribution is -1.86. The molecule has 0 saturated carbocycles. The van der Waals surface area contributed by atoms with Gasteiger partial charge in [-0.05, 0) is 36.4 Å². The Labute approximate surface area is 99.4 Å². The molecule has 0 amide bonds. The Balaban J connectivity index is 2.16. The Morgan fingerprint density at radius 1 is 1.06 bits per heavy atom. The van der Waals surface area contributed by atoms with Crippen molar-refractivity contribution in [3.05, 3.63) is 53.6 Å². The number of hydrogen-bond acceptors (Lipinski definition) is 2. The van der Waals surface area contributed by atoms with Gasteiger partial charge in [0.1, 0.15) is 17.2 Å². The third kappa shape index (κ3) is 2.67. The zero-order chi connectivity index (χ0) is 11.4. The van der Waals surface area contributed by atoms with E-state index in [0.717, 1.165) is 5.75 Å². The highest BCUT2D eigenvalue weighted by Gasteiger charge is 1.99. The molecule has 2 rings (SSSR count). The summed E-state index contributed by atoms with van der Waals surface area (Å²) in [4.78, 5) is 0. The fraction of sp³-hybridized carbons (Fsp3) is 0.0769. The van der Waals surface area contributed by atoms with Gasteiger partial charge in [0, 0.05) is 17.2 Å². The van der Waals surface area contributed by atoms with Gasteiger partial charge < -0.3 is 9.47 Å². The molecule has 2 aromatic rings. The minimum absolute atomic E-state index is 0.613. The van der Waals surface area contributed by atoms with Crippen LogP contribution in [0.5, 0.6) is 17.2 Å². The number of ether oxygens (including phenoxy) is 2. The minimum atomic E-state index is 0.613. The number of hydrogen-bond donors (Lipinski definition) is 0. The number of halogens is 1. The van der Waals surface area contributed by atoms with E-state index in [1.807, 2.05) is 6.07 Å². The van der Waals surface area contributed by atoms with Crippen molar-refractivity contribution in [3.63, 3.8) is 0 Å². The number of benzene rings is 2. The normalized spacial score (nSPS) is 9.88. The molecule has 0 aliphatic rings.